The molecule has 104 valence electrons. The molecule has 1 aromatic carbocycles. The van der Waals surface area contributed by atoms with Gasteiger partial charge in [0.05, 0.1) is 18.1 Å². The summed E-state index contributed by atoms with van der Waals surface area (Å²) in [5.41, 5.74) is 0.958. The van der Waals surface area contributed by atoms with Crippen LogP contribution in [0, 0.1) is 0 Å². The molecule has 1 aromatic rings. The normalized spacial score (nSPS) is 18.2. The minimum Gasteiger partial charge on any atom is -0.395 e. The number of carbonyl (C=O) groups excluding carboxylic acids is 1. The number of thiocarbonyl (C=S) groups is 1. The molecule has 0 atom stereocenters. The van der Waals surface area contributed by atoms with E-state index in [0.717, 1.165) is 5.56 Å². The number of hydrogen-bond acceptors (Lipinski definition) is 4. The average molecular weight is 326 g/mol. The third kappa shape index (κ3) is 3.70. The van der Waals surface area contributed by atoms with E-state index >= 15 is 0 Å². The van der Waals surface area contributed by atoms with Gasteiger partial charge in [-0.15, -0.1) is 0 Å². The fourth-order valence-electron chi connectivity index (χ4n) is 1.67. The lowest BCUT2D eigenvalue weighted by Crippen LogP contribution is -2.30. The lowest BCUT2D eigenvalue weighted by Gasteiger charge is -2.11. The first-order valence-corrected chi connectivity index (χ1v) is 7.50. The molecule has 0 spiro atoms. The number of amides is 1. The highest BCUT2D eigenvalue weighted by Crippen LogP contribution is 2.32. The summed E-state index contributed by atoms with van der Waals surface area (Å²) >= 11 is 12.4. The van der Waals surface area contributed by atoms with Gasteiger partial charge in [0.2, 0.25) is 0 Å². The van der Waals surface area contributed by atoms with Crippen molar-refractivity contribution in [2.45, 2.75) is 0 Å². The van der Waals surface area contributed by atoms with Gasteiger partial charge in [0.1, 0.15) is 4.32 Å². The zero-order valence-corrected chi connectivity index (χ0v) is 12.8. The third-order valence-corrected chi connectivity index (χ3v) is 4.17. The van der Waals surface area contributed by atoms with E-state index < -0.39 is 0 Å². The molecule has 1 aliphatic rings. The van der Waals surface area contributed by atoms with Crippen molar-refractivity contribution in [3.63, 3.8) is 0 Å². The Morgan fingerprint density at radius 2 is 2.10 bits per heavy atom. The van der Waals surface area contributed by atoms with Crippen LogP contribution in [0.25, 0.3) is 6.08 Å². The Bertz CT molecular complexity index is 584. The summed E-state index contributed by atoms with van der Waals surface area (Å²) in [5.74, 6) is -0.214. The van der Waals surface area contributed by atoms with E-state index in [1.54, 1.807) is 12.2 Å². The summed E-state index contributed by atoms with van der Waals surface area (Å²) in [6.07, 6.45) is 3.38. The molecule has 0 aliphatic carbocycles. The fraction of sp³-hybridized carbons (Fsp3) is 0.143. The molecule has 1 amide bonds. The molecule has 1 aliphatic heterocycles. The third-order valence-electron chi connectivity index (χ3n) is 2.57. The Morgan fingerprint density at radius 3 is 2.75 bits per heavy atom. The summed E-state index contributed by atoms with van der Waals surface area (Å²) < 4.78 is 0.444. The molecule has 0 unspecified atom stereocenters. The van der Waals surface area contributed by atoms with Crippen molar-refractivity contribution in [2.75, 3.05) is 13.2 Å². The highest BCUT2D eigenvalue weighted by molar-refractivity contribution is 8.26. The van der Waals surface area contributed by atoms with Crippen LogP contribution in [0.3, 0.4) is 0 Å². The summed E-state index contributed by atoms with van der Waals surface area (Å²) in [7, 11) is 0. The first kappa shape index (κ1) is 15.3. The molecule has 20 heavy (non-hydrogen) atoms. The van der Waals surface area contributed by atoms with Gasteiger partial charge >= 0.3 is 0 Å². The van der Waals surface area contributed by atoms with Gasteiger partial charge in [0.15, 0.2) is 0 Å². The number of rotatable bonds is 4. The van der Waals surface area contributed by atoms with E-state index in [2.05, 4.69) is 0 Å². The van der Waals surface area contributed by atoms with Crippen molar-refractivity contribution in [1.82, 2.24) is 4.90 Å². The predicted molar refractivity (Wildman–Crippen MR) is 87.3 cm³/mol. The Kier molecular flexibility index (Phi) is 5.37. The highest BCUT2D eigenvalue weighted by atomic mass is 35.5. The number of thioether (sulfide) groups is 1. The zero-order chi connectivity index (χ0) is 14.5. The van der Waals surface area contributed by atoms with E-state index in [0.29, 0.717) is 14.3 Å². The monoisotopic (exact) mass is 325 g/mol. The van der Waals surface area contributed by atoms with E-state index in [-0.39, 0.29) is 19.1 Å². The Balaban J connectivity index is 2.17. The number of allylic oxidation sites excluding steroid dienone is 2. The van der Waals surface area contributed by atoms with Crippen LogP contribution < -0.4 is 0 Å². The number of nitrogens with zero attached hydrogens (tertiary/aromatic N) is 1. The maximum absolute atomic E-state index is 12.0. The number of halogens is 1. The predicted octanol–water partition coefficient (Wildman–Crippen LogP) is 3.00. The lowest BCUT2D eigenvalue weighted by molar-refractivity contribution is -0.122. The quantitative estimate of drug-likeness (QED) is 0.682. The number of hydrogen-bond donors (Lipinski definition) is 1. The van der Waals surface area contributed by atoms with Gasteiger partial charge in [0.25, 0.3) is 5.91 Å². The Morgan fingerprint density at radius 1 is 1.40 bits per heavy atom. The van der Waals surface area contributed by atoms with Crippen molar-refractivity contribution in [3.05, 3.63) is 51.9 Å². The number of aliphatic hydroxyl groups excluding tert-OH is 1. The molecule has 1 N–H and O–H groups in total. The van der Waals surface area contributed by atoms with Crippen LogP contribution in [0.15, 0.2) is 46.3 Å². The van der Waals surface area contributed by atoms with E-state index in [4.69, 9.17) is 28.9 Å². The first-order valence-electron chi connectivity index (χ1n) is 5.90. The topological polar surface area (TPSA) is 40.5 Å². The molecule has 0 radical (unpaired) electrons. The largest absolute Gasteiger partial charge is 0.395 e. The van der Waals surface area contributed by atoms with Crippen LogP contribution in [0.5, 0.6) is 0 Å². The van der Waals surface area contributed by atoms with Gasteiger partial charge in [-0.05, 0) is 17.7 Å². The van der Waals surface area contributed by atoms with E-state index in [9.17, 15) is 4.79 Å². The second-order valence-electron chi connectivity index (χ2n) is 4.00. The van der Waals surface area contributed by atoms with Gasteiger partial charge in [-0.1, -0.05) is 65.9 Å². The first-order chi connectivity index (χ1) is 9.61. The van der Waals surface area contributed by atoms with Crippen LogP contribution >= 0.6 is 35.6 Å². The van der Waals surface area contributed by atoms with Gasteiger partial charge in [0, 0.05) is 5.03 Å². The van der Waals surface area contributed by atoms with Crippen molar-refractivity contribution >= 4 is 51.9 Å². The zero-order valence-electron chi connectivity index (χ0n) is 10.5. The van der Waals surface area contributed by atoms with Crippen LogP contribution in [-0.2, 0) is 4.79 Å². The number of benzene rings is 1. The van der Waals surface area contributed by atoms with Gasteiger partial charge in [-0.25, -0.2) is 0 Å². The molecule has 1 heterocycles. The molecule has 1 saturated heterocycles. The maximum Gasteiger partial charge on any atom is 0.266 e. The van der Waals surface area contributed by atoms with E-state index in [1.165, 1.54) is 16.7 Å². The van der Waals surface area contributed by atoms with Crippen LogP contribution in [0.2, 0.25) is 0 Å². The van der Waals surface area contributed by atoms with Crippen molar-refractivity contribution < 1.29 is 9.90 Å². The minimum absolute atomic E-state index is 0.118. The van der Waals surface area contributed by atoms with Crippen LogP contribution in [0.4, 0.5) is 0 Å². The number of carbonyl (C=O) groups is 1. The second kappa shape index (κ2) is 7.04. The van der Waals surface area contributed by atoms with Gasteiger partial charge in [-0.3, -0.25) is 9.69 Å². The molecule has 1 fully saturated rings. The summed E-state index contributed by atoms with van der Waals surface area (Å²) in [6, 6.07) is 9.60. The number of aliphatic hydroxyl groups is 1. The number of β-amino-alcohol motifs (C(OH)–C–C–N with tert-alkyl or cyclic N) is 1. The minimum atomic E-state index is -0.214. The molecule has 0 aromatic heterocycles. The molecular formula is C14H12ClNO2S2. The molecular weight excluding hydrogens is 314 g/mol. The Labute approximate surface area is 131 Å². The smallest absolute Gasteiger partial charge is 0.266 e. The van der Waals surface area contributed by atoms with Crippen LogP contribution in [0.1, 0.15) is 5.56 Å². The van der Waals surface area contributed by atoms with Crippen molar-refractivity contribution in [1.29, 1.82) is 0 Å². The molecule has 0 saturated carbocycles. The summed E-state index contributed by atoms with van der Waals surface area (Å²) in [6.45, 7) is 0.0926. The molecule has 2 rings (SSSR count). The second-order valence-corrected chi connectivity index (χ2v) is 6.11. The fourth-order valence-corrected chi connectivity index (χ4v) is 3.27. The standard InChI is InChI=1S/C14H12ClNO2S2/c15-11(8-10-4-2-1-3-5-10)9-12-13(18)16(6-7-17)14(19)20-12/h1-5,8-9,17H,6-7H2/b11-8-,12-9-. The Hall–Kier alpha value is -1.14. The lowest BCUT2D eigenvalue weighted by atomic mass is 10.2. The van der Waals surface area contributed by atoms with Crippen molar-refractivity contribution in [2.24, 2.45) is 0 Å². The van der Waals surface area contributed by atoms with E-state index in [1.807, 2.05) is 30.3 Å². The van der Waals surface area contributed by atoms with Gasteiger partial charge < -0.3 is 5.11 Å². The van der Waals surface area contributed by atoms with Crippen molar-refractivity contribution in [3.8, 4) is 0 Å². The maximum atomic E-state index is 12.0. The highest BCUT2D eigenvalue weighted by Gasteiger charge is 2.31. The summed E-state index contributed by atoms with van der Waals surface area (Å²) in [4.78, 5) is 13.9. The molecule has 6 heteroatoms. The van der Waals surface area contributed by atoms with Gasteiger partial charge in [-0.2, -0.15) is 0 Å². The van der Waals surface area contributed by atoms with Crippen LogP contribution in [-0.4, -0.2) is 33.4 Å². The molecule has 3 nitrogen and oxygen atoms in total. The SMILES string of the molecule is O=C1/C(=C/C(Cl)=C/c2ccccc2)SC(=S)N1CCO. The molecule has 0 bridgehead atoms. The summed E-state index contributed by atoms with van der Waals surface area (Å²) in [5, 5.41) is 9.36. The average Bonchev–Trinajstić information content (AvgIpc) is 2.68.